The lowest BCUT2D eigenvalue weighted by molar-refractivity contribution is -0.114. The van der Waals surface area contributed by atoms with E-state index >= 15 is 0 Å². The van der Waals surface area contributed by atoms with Gasteiger partial charge in [-0.3, -0.25) is 19.3 Å². The second-order valence-corrected chi connectivity index (χ2v) is 5.37. The van der Waals surface area contributed by atoms with Crippen molar-refractivity contribution in [2.75, 3.05) is 5.32 Å². The first kappa shape index (κ1) is 14.9. The number of fused-ring (bicyclic) bond motifs is 1. The summed E-state index contributed by atoms with van der Waals surface area (Å²) in [6.45, 7) is 5.32. The maximum absolute atomic E-state index is 12.0. The van der Waals surface area contributed by atoms with Gasteiger partial charge in [0, 0.05) is 19.2 Å². The summed E-state index contributed by atoms with van der Waals surface area (Å²) in [6, 6.07) is 5.58. The third kappa shape index (κ3) is 2.70. The van der Waals surface area contributed by atoms with Gasteiger partial charge in [-0.2, -0.15) is 9.97 Å². The number of nitrogens with one attached hydrogen (secondary N) is 1. The number of pyridine rings is 1. The van der Waals surface area contributed by atoms with Crippen LogP contribution in [0.25, 0.3) is 17.3 Å². The van der Waals surface area contributed by atoms with Crippen molar-refractivity contribution in [3.63, 3.8) is 0 Å². The Balaban J connectivity index is 2.29. The number of amides is 1. The average Bonchev–Trinajstić information content (AvgIpc) is 2.86. The topological polar surface area (TPSA) is 94.2 Å². The van der Waals surface area contributed by atoms with E-state index in [4.69, 9.17) is 0 Å². The molecule has 3 aromatic rings. The van der Waals surface area contributed by atoms with Crippen molar-refractivity contribution in [2.24, 2.45) is 0 Å². The molecule has 1 amide bonds. The van der Waals surface area contributed by atoms with Crippen LogP contribution in [-0.4, -0.2) is 30.1 Å². The van der Waals surface area contributed by atoms with E-state index in [0.717, 1.165) is 0 Å². The van der Waals surface area contributed by atoms with Crippen molar-refractivity contribution in [1.82, 2.24) is 24.1 Å². The van der Waals surface area contributed by atoms with Gasteiger partial charge in [0.05, 0.1) is 6.20 Å². The van der Waals surface area contributed by atoms with Gasteiger partial charge in [-0.25, -0.2) is 4.52 Å². The lowest BCUT2D eigenvalue weighted by Crippen LogP contribution is -2.20. The van der Waals surface area contributed by atoms with Crippen molar-refractivity contribution in [1.29, 1.82) is 0 Å². The molecule has 0 bridgehead atoms. The molecule has 0 radical (unpaired) electrons. The lowest BCUT2D eigenvalue weighted by atomic mass is 10.3. The highest BCUT2D eigenvalue weighted by Crippen LogP contribution is 2.20. The van der Waals surface area contributed by atoms with Crippen LogP contribution in [0.1, 0.15) is 26.8 Å². The van der Waals surface area contributed by atoms with Crippen molar-refractivity contribution in [3.8, 4) is 11.5 Å². The van der Waals surface area contributed by atoms with Gasteiger partial charge in [-0.1, -0.05) is 6.07 Å². The molecule has 0 atom stereocenters. The predicted octanol–water partition coefficient (Wildman–Crippen LogP) is 1.49. The third-order valence-corrected chi connectivity index (χ3v) is 3.24. The van der Waals surface area contributed by atoms with Gasteiger partial charge >= 0.3 is 0 Å². The highest BCUT2D eigenvalue weighted by atomic mass is 16.2. The fourth-order valence-electron chi connectivity index (χ4n) is 2.36. The Kier molecular flexibility index (Phi) is 3.65. The van der Waals surface area contributed by atoms with E-state index in [1.165, 1.54) is 13.1 Å². The zero-order valence-electron chi connectivity index (χ0n) is 13.0. The molecule has 3 heterocycles. The molecule has 0 aromatic carbocycles. The van der Waals surface area contributed by atoms with E-state index in [-0.39, 0.29) is 23.4 Å². The van der Waals surface area contributed by atoms with E-state index < -0.39 is 5.56 Å². The highest BCUT2D eigenvalue weighted by Gasteiger charge is 2.18. The van der Waals surface area contributed by atoms with E-state index in [2.05, 4.69) is 20.3 Å². The second kappa shape index (κ2) is 5.64. The first-order chi connectivity index (χ1) is 11.0. The summed E-state index contributed by atoms with van der Waals surface area (Å²) in [6.07, 6.45) is 3.21. The van der Waals surface area contributed by atoms with E-state index in [1.807, 2.05) is 36.7 Å². The third-order valence-electron chi connectivity index (χ3n) is 3.24. The summed E-state index contributed by atoms with van der Waals surface area (Å²) in [5.41, 5.74) is 0.269. The van der Waals surface area contributed by atoms with Crippen LogP contribution in [0.5, 0.6) is 0 Å². The molecule has 0 saturated carbocycles. The van der Waals surface area contributed by atoms with Crippen molar-refractivity contribution in [2.45, 2.75) is 26.8 Å². The van der Waals surface area contributed by atoms with Crippen LogP contribution in [0, 0.1) is 0 Å². The number of nitrogens with zero attached hydrogens (tertiary/aromatic N) is 5. The largest absolute Gasteiger partial charge is 0.320 e. The van der Waals surface area contributed by atoms with Gasteiger partial charge in [0.1, 0.15) is 11.4 Å². The molecule has 0 spiro atoms. The normalized spacial score (nSPS) is 11.1. The van der Waals surface area contributed by atoms with Gasteiger partial charge in [-0.15, -0.1) is 0 Å². The number of carbonyl (C=O) groups is 1. The molecule has 8 nitrogen and oxygen atoms in total. The van der Waals surface area contributed by atoms with Crippen molar-refractivity contribution >= 4 is 17.4 Å². The Morgan fingerprint density at radius 2 is 2.04 bits per heavy atom. The Morgan fingerprint density at radius 1 is 1.26 bits per heavy atom. The fourth-order valence-corrected chi connectivity index (χ4v) is 2.36. The Labute approximate surface area is 131 Å². The molecule has 23 heavy (non-hydrogen) atoms. The summed E-state index contributed by atoms with van der Waals surface area (Å²) < 4.78 is 3.52. The smallest absolute Gasteiger partial charge is 0.298 e. The summed E-state index contributed by atoms with van der Waals surface area (Å²) in [7, 11) is 0. The zero-order valence-corrected chi connectivity index (χ0v) is 13.0. The molecular weight excluding hydrogens is 296 g/mol. The van der Waals surface area contributed by atoms with Crippen molar-refractivity contribution < 1.29 is 4.79 Å². The standard InChI is InChI=1S/C15H16N6O2/c1-9(2)21-13(11-6-4-5-7-16-11)18-15-19-14(23)12(8-20(15)21)17-10(3)22/h4-9H,1-3H3,(H,17,22). The maximum Gasteiger partial charge on any atom is 0.298 e. The minimum atomic E-state index is -0.527. The minimum absolute atomic E-state index is 0.0477. The van der Waals surface area contributed by atoms with Crippen LogP contribution >= 0.6 is 0 Å². The number of aromatic nitrogens is 5. The molecule has 0 aliphatic rings. The number of hydrogen-bond donors (Lipinski definition) is 1. The molecule has 8 heteroatoms. The Hall–Kier alpha value is -3.03. The number of rotatable bonds is 3. The monoisotopic (exact) mass is 312 g/mol. The van der Waals surface area contributed by atoms with E-state index in [1.54, 1.807) is 10.7 Å². The van der Waals surface area contributed by atoms with Gasteiger partial charge in [-0.05, 0) is 26.0 Å². The van der Waals surface area contributed by atoms with Crippen LogP contribution in [0.15, 0.2) is 35.4 Å². The van der Waals surface area contributed by atoms with E-state index in [9.17, 15) is 9.59 Å². The van der Waals surface area contributed by atoms with Gasteiger partial charge < -0.3 is 5.32 Å². The Morgan fingerprint density at radius 3 is 2.65 bits per heavy atom. The molecule has 0 unspecified atom stereocenters. The quantitative estimate of drug-likeness (QED) is 0.790. The van der Waals surface area contributed by atoms with Gasteiger partial charge in [0.25, 0.3) is 11.3 Å². The van der Waals surface area contributed by atoms with Crippen LogP contribution in [-0.2, 0) is 4.79 Å². The Bertz CT molecular complexity index is 926. The molecule has 0 aliphatic heterocycles. The first-order valence-electron chi connectivity index (χ1n) is 7.18. The maximum atomic E-state index is 12.0. The summed E-state index contributed by atoms with van der Waals surface area (Å²) in [5, 5.41) is 2.49. The minimum Gasteiger partial charge on any atom is -0.320 e. The fraction of sp³-hybridized carbons (Fsp3) is 0.267. The van der Waals surface area contributed by atoms with Crippen LogP contribution < -0.4 is 10.9 Å². The second-order valence-electron chi connectivity index (χ2n) is 5.37. The summed E-state index contributed by atoms with van der Waals surface area (Å²) in [5.74, 6) is 0.537. The molecule has 0 saturated heterocycles. The zero-order chi connectivity index (χ0) is 16.6. The molecule has 0 fully saturated rings. The van der Waals surface area contributed by atoms with Crippen LogP contribution in [0.2, 0.25) is 0 Å². The van der Waals surface area contributed by atoms with Crippen molar-refractivity contribution in [3.05, 3.63) is 40.9 Å². The highest BCUT2D eigenvalue weighted by molar-refractivity contribution is 5.88. The molecule has 3 rings (SSSR count). The number of carbonyl (C=O) groups excluding carboxylic acids is 1. The molecule has 118 valence electrons. The summed E-state index contributed by atoms with van der Waals surface area (Å²) >= 11 is 0. The number of anilines is 1. The SMILES string of the molecule is CC(=O)Nc1cn2c(nc(-c3ccccn3)n2C(C)C)nc1=O. The van der Waals surface area contributed by atoms with E-state index in [0.29, 0.717) is 11.5 Å². The predicted molar refractivity (Wildman–Crippen MR) is 85.2 cm³/mol. The average molecular weight is 312 g/mol. The van der Waals surface area contributed by atoms with Crippen LogP contribution in [0.3, 0.4) is 0 Å². The first-order valence-corrected chi connectivity index (χ1v) is 7.18. The molecule has 1 N–H and O–H groups in total. The van der Waals surface area contributed by atoms with Gasteiger partial charge in [0.15, 0.2) is 5.82 Å². The van der Waals surface area contributed by atoms with Crippen LogP contribution in [0.4, 0.5) is 5.69 Å². The van der Waals surface area contributed by atoms with Gasteiger partial charge in [0.2, 0.25) is 5.91 Å². The summed E-state index contributed by atoms with van der Waals surface area (Å²) in [4.78, 5) is 35.9. The number of hydrogen-bond acceptors (Lipinski definition) is 5. The molecule has 3 aromatic heterocycles. The molecular formula is C15H16N6O2. The molecule has 0 aliphatic carbocycles. The lowest BCUT2D eigenvalue weighted by Gasteiger charge is -2.13.